The number of benzene rings is 1. The summed E-state index contributed by atoms with van der Waals surface area (Å²) >= 11 is 0. The molecule has 0 spiro atoms. The Balaban J connectivity index is 1.37. The first kappa shape index (κ1) is 22.5. The third kappa shape index (κ3) is 4.40. The largest absolute Gasteiger partial charge is 0.335 e. The number of unbranched alkanes of at least 4 members (excludes halogenated alkanes) is 1. The van der Waals surface area contributed by atoms with Gasteiger partial charge < -0.3 is 4.98 Å². The average molecular weight is 490 g/mol. The first-order valence-electron chi connectivity index (χ1n) is 12.1. The molecule has 0 radical (unpaired) electrons. The molecule has 0 saturated carbocycles. The van der Waals surface area contributed by atoms with Gasteiger partial charge in [0.05, 0.1) is 22.9 Å². The van der Waals surface area contributed by atoms with Crippen LogP contribution in [0.1, 0.15) is 26.2 Å². The van der Waals surface area contributed by atoms with Gasteiger partial charge in [-0.1, -0.05) is 25.5 Å². The molecule has 5 aromatic heterocycles. The van der Waals surface area contributed by atoms with Crippen molar-refractivity contribution < 1.29 is 4.79 Å². The van der Waals surface area contributed by atoms with E-state index in [1.165, 1.54) is 0 Å². The van der Waals surface area contributed by atoms with E-state index in [-0.39, 0.29) is 5.91 Å². The molecule has 10 nitrogen and oxygen atoms in total. The Hall–Kier alpha value is -4.99. The van der Waals surface area contributed by atoms with Crippen LogP contribution in [0.3, 0.4) is 0 Å². The molecule has 5 heterocycles. The fourth-order valence-electron chi connectivity index (χ4n) is 4.24. The number of carbonyl (C=O) groups excluding carboxylic acids is 1. The Bertz CT molecular complexity index is 1720. The van der Waals surface area contributed by atoms with Gasteiger partial charge in [-0.05, 0) is 30.7 Å². The van der Waals surface area contributed by atoms with E-state index in [0.29, 0.717) is 29.6 Å². The number of hydrogen-bond donors (Lipinski definition) is 3. The third-order valence-electron chi connectivity index (χ3n) is 6.11. The molecular weight excluding hydrogens is 466 g/mol. The third-order valence-corrected chi connectivity index (χ3v) is 6.11. The Kier molecular flexibility index (Phi) is 5.81. The Morgan fingerprint density at radius 1 is 0.973 bits per heavy atom. The molecular formula is C27H23N9O. The van der Waals surface area contributed by atoms with Crippen molar-refractivity contribution in [2.45, 2.75) is 26.2 Å². The summed E-state index contributed by atoms with van der Waals surface area (Å²) in [7, 11) is 0. The maximum Gasteiger partial charge on any atom is 0.229 e. The van der Waals surface area contributed by atoms with Crippen LogP contribution in [0.15, 0.2) is 67.4 Å². The molecule has 6 aromatic rings. The number of H-pyrrole nitrogens is 2. The molecule has 0 atom stereocenters. The summed E-state index contributed by atoms with van der Waals surface area (Å²) in [5.41, 5.74) is 6.56. The van der Waals surface area contributed by atoms with Crippen molar-refractivity contribution in [2.24, 2.45) is 0 Å². The second-order valence-electron chi connectivity index (χ2n) is 8.66. The number of carbonyl (C=O) groups is 1. The molecule has 182 valence electrons. The number of anilines is 1. The molecule has 0 aliphatic rings. The molecule has 3 N–H and O–H groups in total. The van der Waals surface area contributed by atoms with Gasteiger partial charge >= 0.3 is 0 Å². The number of imidazole rings is 1. The standard InChI is InChI=1S/C27H23N9O/c1-2-3-6-23(37)33-27-30-11-9-20(32-27)16-7-8-21-18(12-16)25(36-35-21)26-31-22-15-29-14-19(24(22)34-26)17-5-4-10-28-13-17/h4-5,7-15H,2-3,6H2,1H3,(H,31,34)(H,35,36)(H,30,32,33,37). The van der Waals surface area contributed by atoms with Gasteiger partial charge in [0, 0.05) is 53.3 Å². The van der Waals surface area contributed by atoms with Gasteiger partial charge in [0.2, 0.25) is 11.9 Å². The van der Waals surface area contributed by atoms with Crippen molar-refractivity contribution in [2.75, 3.05) is 5.32 Å². The fraction of sp³-hybridized carbons (Fsp3) is 0.148. The summed E-state index contributed by atoms with van der Waals surface area (Å²) in [6.07, 6.45) is 10.9. The van der Waals surface area contributed by atoms with Crippen molar-refractivity contribution in [3.63, 3.8) is 0 Å². The summed E-state index contributed by atoms with van der Waals surface area (Å²) in [6.45, 7) is 2.05. The summed E-state index contributed by atoms with van der Waals surface area (Å²) < 4.78 is 0. The van der Waals surface area contributed by atoms with Crippen LogP contribution in [0.4, 0.5) is 5.95 Å². The number of aromatic nitrogens is 8. The van der Waals surface area contributed by atoms with Crippen LogP contribution in [-0.4, -0.2) is 46.0 Å². The Morgan fingerprint density at radius 3 is 2.78 bits per heavy atom. The zero-order valence-electron chi connectivity index (χ0n) is 20.1. The lowest BCUT2D eigenvalue weighted by Crippen LogP contribution is -2.13. The molecule has 0 fully saturated rings. The fourth-order valence-corrected chi connectivity index (χ4v) is 4.24. The zero-order valence-corrected chi connectivity index (χ0v) is 20.1. The number of aromatic amines is 2. The highest BCUT2D eigenvalue weighted by Crippen LogP contribution is 2.32. The van der Waals surface area contributed by atoms with E-state index in [9.17, 15) is 4.79 Å². The second-order valence-corrected chi connectivity index (χ2v) is 8.66. The van der Waals surface area contributed by atoms with Crippen molar-refractivity contribution in [1.82, 2.24) is 40.1 Å². The lowest BCUT2D eigenvalue weighted by atomic mass is 10.1. The van der Waals surface area contributed by atoms with Gasteiger partial charge in [-0.15, -0.1) is 0 Å². The normalized spacial score (nSPS) is 11.3. The highest BCUT2D eigenvalue weighted by molar-refractivity contribution is 5.98. The number of pyridine rings is 2. The highest BCUT2D eigenvalue weighted by Gasteiger charge is 2.16. The van der Waals surface area contributed by atoms with Gasteiger partial charge in [0.1, 0.15) is 11.2 Å². The number of fused-ring (bicyclic) bond motifs is 2. The Labute approximate surface area is 211 Å². The van der Waals surface area contributed by atoms with E-state index in [1.54, 1.807) is 31.0 Å². The van der Waals surface area contributed by atoms with Crippen LogP contribution in [0.2, 0.25) is 0 Å². The molecule has 37 heavy (non-hydrogen) atoms. The lowest BCUT2D eigenvalue weighted by molar-refractivity contribution is -0.116. The second kappa shape index (κ2) is 9.57. The van der Waals surface area contributed by atoms with E-state index in [1.807, 2.05) is 43.3 Å². The minimum absolute atomic E-state index is 0.0865. The molecule has 0 saturated heterocycles. The minimum atomic E-state index is -0.0865. The molecule has 0 aliphatic carbocycles. The van der Waals surface area contributed by atoms with E-state index in [2.05, 4.69) is 40.4 Å². The number of nitrogens with one attached hydrogen (secondary N) is 3. The minimum Gasteiger partial charge on any atom is -0.335 e. The van der Waals surface area contributed by atoms with Crippen LogP contribution >= 0.6 is 0 Å². The van der Waals surface area contributed by atoms with Gasteiger partial charge in [0.15, 0.2) is 5.82 Å². The van der Waals surface area contributed by atoms with Crippen LogP contribution in [0, 0.1) is 0 Å². The summed E-state index contributed by atoms with van der Waals surface area (Å²) in [5, 5.41) is 11.3. The van der Waals surface area contributed by atoms with Crippen LogP contribution < -0.4 is 5.32 Å². The van der Waals surface area contributed by atoms with Crippen LogP contribution in [0.5, 0.6) is 0 Å². The van der Waals surface area contributed by atoms with E-state index in [4.69, 9.17) is 4.98 Å². The van der Waals surface area contributed by atoms with Crippen molar-refractivity contribution in [3.05, 3.63) is 67.4 Å². The average Bonchev–Trinajstić information content (AvgIpc) is 3.56. The number of nitrogens with zero attached hydrogens (tertiary/aromatic N) is 6. The van der Waals surface area contributed by atoms with Crippen molar-refractivity contribution in [3.8, 4) is 33.9 Å². The van der Waals surface area contributed by atoms with E-state index < -0.39 is 0 Å². The lowest BCUT2D eigenvalue weighted by Gasteiger charge is -2.06. The molecule has 0 unspecified atom stereocenters. The molecule has 1 aromatic carbocycles. The van der Waals surface area contributed by atoms with E-state index in [0.717, 1.165) is 51.5 Å². The number of hydrogen-bond acceptors (Lipinski definition) is 7. The molecule has 1 amide bonds. The monoisotopic (exact) mass is 489 g/mol. The highest BCUT2D eigenvalue weighted by atomic mass is 16.1. The van der Waals surface area contributed by atoms with Crippen molar-refractivity contribution in [1.29, 1.82) is 0 Å². The predicted molar refractivity (Wildman–Crippen MR) is 141 cm³/mol. The quantitative estimate of drug-likeness (QED) is 0.282. The van der Waals surface area contributed by atoms with Crippen molar-refractivity contribution >= 4 is 33.8 Å². The van der Waals surface area contributed by atoms with Crippen LogP contribution in [-0.2, 0) is 4.79 Å². The molecule has 0 aliphatic heterocycles. The Morgan fingerprint density at radius 2 is 1.92 bits per heavy atom. The molecule has 6 rings (SSSR count). The zero-order chi connectivity index (χ0) is 25.2. The first-order chi connectivity index (χ1) is 18.2. The first-order valence-corrected chi connectivity index (χ1v) is 12.1. The van der Waals surface area contributed by atoms with Gasteiger partial charge in [-0.3, -0.25) is 25.2 Å². The summed E-state index contributed by atoms with van der Waals surface area (Å²) in [4.78, 5) is 37.7. The maximum absolute atomic E-state index is 12.1. The maximum atomic E-state index is 12.1. The van der Waals surface area contributed by atoms with Gasteiger partial charge in [0.25, 0.3) is 0 Å². The summed E-state index contributed by atoms with van der Waals surface area (Å²) in [5.74, 6) is 0.832. The molecule has 0 bridgehead atoms. The SMILES string of the molecule is CCCCC(=O)Nc1nccc(-c2ccc3[nH]nc(-c4nc5c(-c6cccnc6)cncc5[nH]4)c3c2)n1. The topological polar surface area (TPSA) is 138 Å². The summed E-state index contributed by atoms with van der Waals surface area (Å²) in [6, 6.07) is 11.6. The van der Waals surface area contributed by atoms with Gasteiger partial charge in [-0.25, -0.2) is 15.0 Å². The number of rotatable bonds is 7. The number of amides is 1. The molecule has 10 heteroatoms. The predicted octanol–water partition coefficient (Wildman–Crippen LogP) is 5.15. The smallest absolute Gasteiger partial charge is 0.229 e. The van der Waals surface area contributed by atoms with Crippen LogP contribution in [0.25, 0.3) is 55.8 Å². The van der Waals surface area contributed by atoms with E-state index >= 15 is 0 Å². The van der Waals surface area contributed by atoms with Gasteiger partial charge in [-0.2, -0.15) is 5.10 Å².